The monoisotopic (exact) mass is 663 g/mol. The molecule has 16 heteroatoms. The summed E-state index contributed by atoms with van der Waals surface area (Å²) in [5.74, 6) is -2.67. The van der Waals surface area contributed by atoms with Crippen LogP contribution >= 0.6 is 8.25 Å². The fourth-order valence-corrected chi connectivity index (χ4v) is 5.53. The highest BCUT2D eigenvalue weighted by Crippen LogP contribution is 2.34. The fourth-order valence-electron chi connectivity index (χ4n) is 5.15. The van der Waals surface area contributed by atoms with Crippen LogP contribution in [0.1, 0.15) is 66.6 Å². The van der Waals surface area contributed by atoms with Gasteiger partial charge in [-0.25, -0.2) is 4.39 Å². The van der Waals surface area contributed by atoms with Crippen LogP contribution in [-0.4, -0.2) is 59.5 Å². The molecule has 1 aromatic carbocycles. The zero-order valence-electron chi connectivity index (χ0n) is 25.7. The summed E-state index contributed by atoms with van der Waals surface area (Å²) in [5, 5.41) is 27.6. The Balaban J connectivity index is 1.55. The topological polar surface area (TPSA) is 225 Å². The van der Waals surface area contributed by atoms with Crippen molar-refractivity contribution in [2.75, 3.05) is 25.1 Å². The van der Waals surface area contributed by atoms with Gasteiger partial charge in [-0.05, 0) is 74.9 Å². The van der Waals surface area contributed by atoms with Crippen LogP contribution in [0.25, 0.3) is 11.6 Å². The van der Waals surface area contributed by atoms with Gasteiger partial charge in [-0.15, -0.1) is 4.52 Å². The molecule has 0 fully saturated rings. The summed E-state index contributed by atoms with van der Waals surface area (Å²) in [5.41, 5.74) is 9.69. The lowest BCUT2D eigenvalue weighted by Gasteiger charge is -2.18. The lowest BCUT2D eigenvalue weighted by molar-refractivity contribution is -0.638. The Hall–Kier alpha value is -4.01. The van der Waals surface area contributed by atoms with Gasteiger partial charge in [-0.1, -0.05) is 6.42 Å². The van der Waals surface area contributed by atoms with Crippen molar-refractivity contribution in [1.29, 1.82) is 0 Å². The quantitative estimate of drug-likeness (QED) is 0.0423. The highest BCUT2D eigenvalue weighted by atomic mass is 31.1. The molecule has 14 nitrogen and oxygen atoms in total. The van der Waals surface area contributed by atoms with E-state index in [1.165, 1.54) is 18.2 Å². The summed E-state index contributed by atoms with van der Waals surface area (Å²) in [6, 6.07) is 3.09. The van der Waals surface area contributed by atoms with Crippen molar-refractivity contribution < 1.29 is 47.7 Å². The number of carbonyl (C=O) groups is 4. The molecule has 0 bridgehead atoms. The normalized spacial score (nSPS) is 14.8. The third-order valence-corrected chi connectivity index (χ3v) is 8.17. The molecular weight excluding hydrogens is 624 g/mol. The van der Waals surface area contributed by atoms with E-state index in [2.05, 4.69) is 25.6 Å². The molecule has 1 aliphatic rings. The number of aromatic nitrogens is 1. The highest BCUT2D eigenvalue weighted by molar-refractivity contribution is 7.33. The number of hydrogen-bond donors (Lipinski definition) is 6. The number of hydrogen-bond acceptors (Lipinski definition) is 9. The number of aryl methyl sites for hydroxylation is 1. The van der Waals surface area contributed by atoms with E-state index < -0.39 is 37.8 Å². The van der Waals surface area contributed by atoms with Crippen molar-refractivity contribution >= 4 is 49.2 Å². The van der Waals surface area contributed by atoms with E-state index >= 15 is 0 Å². The van der Waals surface area contributed by atoms with Crippen LogP contribution in [0.5, 0.6) is 0 Å². The van der Waals surface area contributed by atoms with E-state index in [1.807, 2.05) is 13.8 Å². The maximum absolute atomic E-state index is 13.8. The van der Waals surface area contributed by atoms with Crippen LogP contribution in [0.3, 0.4) is 0 Å². The van der Waals surface area contributed by atoms with Crippen LogP contribution in [0.4, 0.5) is 10.1 Å². The van der Waals surface area contributed by atoms with Gasteiger partial charge in [0.2, 0.25) is 17.7 Å². The number of amides is 4. The van der Waals surface area contributed by atoms with Gasteiger partial charge >= 0.3 is 8.25 Å². The molecule has 0 aliphatic carbocycles. The van der Waals surface area contributed by atoms with Crippen molar-refractivity contribution in [2.24, 2.45) is 11.7 Å². The molecule has 0 spiro atoms. The summed E-state index contributed by atoms with van der Waals surface area (Å²) in [4.78, 5) is 52.9. The van der Waals surface area contributed by atoms with Gasteiger partial charge in [-0.2, -0.15) is 4.67 Å². The number of nitrogens with one attached hydrogen (secondary N) is 4. The summed E-state index contributed by atoms with van der Waals surface area (Å²) in [6.45, 7) is 3.59. The van der Waals surface area contributed by atoms with Crippen molar-refractivity contribution in [2.45, 2.75) is 64.8 Å². The molecule has 7 N–H and O–H groups in total. The predicted octanol–water partition coefficient (Wildman–Crippen LogP) is 1.81. The minimum absolute atomic E-state index is 0.0147. The Labute approximate surface area is 266 Å². The first-order valence-corrected chi connectivity index (χ1v) is 15.9. The molecule has 0 radical (unpaired) electrons. The molecule has 250 valence electrons. The lowest BCUT2D eigenvalue weighted by atomic mass is 10.0. The summed E-state index contributed by atoms with van der Waals surface area (Å²) in [7, 11) is -2.77. The van der Waals surface area contributed by atoms with E-state index in [0.29, 0.717) is 48.2 Å². The van der Waals surface area contributed by atoms with E-state index in [1.54, 1.807) is 6.08 Å². The number of rotatable bonds is 19. The van der Waals surface area contributed by atoms with E-state index in [4.69, 9.17) is 10.3 Å². The van der Waals surface area contributed by atoms with Crippen LogP contribution < -0.4 is 26.9 Å². The fraction of sp³-hybridized carbons (Fsp3) is 0.467. The minimum Gasteiger partial charge on any atom is -0.672 e. The van der Waals surface area contributed by atoms with E-state index in [-0.39, 0.29) is 50.8 Å². The Kier molecular flexibility index (Phi) is 14.0. The largest absolute Gasteiger partial charge is 0.688 e. The average molecular weight is 664 g/mol. The minimum atomic E-state index is -2.77. The standard InChI is InChI=1S/C30H39FN5O9P/c1-17-21(18(2)34-26(17)14-23-22-13-20(31)6-8-24(22)36-29(23)40)7-11-28(39)35-25(9-10-27(32)38)30(41)33-12-4-3-5-19(15-37)16-44-46(43)45-42/h6,8,13-14,19,25,34,37H,3-5,7,9-12,15-16H2,1-2H3,(H5-,32,33,35,36,38,39,40,41,42)/b23-14-/t19?,25-/m1/s1. The number of fused-ring (bicyclic) bond motifs is 1. The van der Waals surface area contributed by atoms with Crippen molar-refractivity contribution in [1.82, 2.24) is 15.6 Å². The van der Waals surface area contributed by atoms with E-state index in [0.717, 1.165) is 16.8 Å². The molecule has 4 amide bonds. The van der Waals surface area contributed by atoms with Gasteiger partial charge < -0.3 is 37.0 Å². The number of aliphatic hydroxyl groups excluding tert-OH is 1. The van der Waals surface area contributed by atoms with Crippen molar-refractivity contribution in [3.8, 4) is 0 Å². The molecule has 2 aromatic rings. The SMILES string of the molecule is Cc1[nH]c(/C=C2\C(=O)Nc3ccc(F)cc32)c(C)c1CCC(=O)N[C@H](CCC(N)=O)C(=O)NCCCCC(CO)CO[P+](=O)O[O-]. The second kappa shape index (κ2) is 17.6. The smallest absolute Gasteiger partial charge is 0.672 e. The van der Waals surface area contributed by atoms with Gasteiger partial charge in [0.25, 0.3) is 5.91 Å². The van der Waals surface area contributed by atoms with Gasteiger partial charge in [-0.3, -0.25) is 19.2 Å². The average Bonchev–Trinajstić information content (AvgIpc) is 3.47. The van der Waals surface area contributed by atoms with Crippen LogP contribution in [0, 0.1) is 25.6 Å². The molecule has 2 heterocycles. The molecule has 1 aromatic heterocycles. The number of benzene rings is 1. The molecule has 3 atom stereocenters. The maximum atomic E-state index is 13.8. The van der Waals surface area contributed by atoms with Crippen molar-refractivity contribution in [3.63, 3.8) is 0 Å². The zero-order chi connectivity index (χ0) is 33.8. The molecule has 0 saturated heterocycles. The first-order valence-electron chi connectivity index (χ1n) is 14.8. The number of carbonyl (C=O) groups excluding carboxylic acids is 4. The summed E-state index contributed by atoms with van der Waals surface area (Å²) < 4.78 is 32.8. The zero-order valence-corrected chi connectivity index (χ0v) is 26.5. The number of aromatic amines is 1. The highest BCUT2D eigenvalue weighted by Gasteiger charge is 2.26. The van der Waals surface area contributed by atoms with Crippen LogP contribution in [0.2, 0.25) is 0 Å². The lowest BCUT2D eigenvalue weighted by Crippen LogP contribution is -2.47. The third kappa shape index (κ3) is 10.5. The van der Waals surface area contributed by atoms with E-state index in [9.17, 15) is 38.5 Å². The Bertz CT molecular complexity index is 1480. The molecule has 3 rings (SSSR count). The number of primary amides is 1. The van der Waals surface area contributed by atoms with Crippen molar-refractivity contribution in [3.05, 3.63) is 52.1 Å². The number of nitrogens with two attached hydrogens (primary N) is 1. The molecule has 2 unspecified atom stereocenters. The molecular formula is C30H39FN5O9P. The van der Waals surface area contributed by atoms with Gasteiger partial charge in [0.05, 0.1) is 5.57 Å². The second-order valence-electron chi connectivity index (χ2n) is 11.0. The maximum Gasteiger partial charge on any atom is 0.688 e. The number of H-pyrrole nitrogens is 1. The summed E-state index contributed by atoms with van der Waals surface area (Å²) >= 11 is 0. The Morgan fingerprint density at radius 1 is 1.20 bits per heavy atom. The Morgan fingerprint density at radius 3 is 2.65 bits per heavy atom. The van der Waals surface area contributed by atoms with Gasteiger partial charge in [0.15, 0.2) is 0 Å². The first kappa shape index (κ1) is 36.5. The predicted molar refractivity (Wildman–Crippen MR) is 164 cm³/mol. The number of aliphatic hydroxyl groups is 1. The molecule has 1 aliphatic heterocycles. The Morgan fingerprint density at radius 2 is 1.96 bits per heavy atom. The number of halogens is 1. The first-order chi connectivity index (χ1) is 21.9. The number of anilines is 1. The van der Waals surface area contributed by atoms with Gasteiger partial charge in [0, 0.05) is 59.1 Å². The third-order valence-electron chi connectivity index (χ3n) is 7.69. The summed E-state index contributed by atoms with van der Waals surface area (Å²) in [6.07, 6.45) is 3.50. The molecule has 0 saturated carbocycles. The van der Waals surface area contributed by atoms with Crippen LogP contribution in [-0.2, 0) is 39.4 Å². The second-order valence-corrected chi connectivity index (χ2v) is 11.9. The molecule has 46 heavy (non-hydrogen) atoms. The van der Waals surface area contributed by atoms with Gasteiger partial charge in [0.1, 0.15) is 18.5 Å². The van der Waals surface area contributed by atoms with Crippen LogP contribution in [0.15, 0.2) is 18.2 Å². The number of unbranched alkanes of at least 4 members (excludes halogenated alkanes) is 1.